The van der Waals surface area contributed by atoms with Crippen molar-refractivity contribution in [2.45, 2.75) is 30.4 Å². The summed E-state index contributed by atoms with van der Waals surface area (Å²) in [5, 5.41) is 2.21. The summed E-state index contributed by atoms with van der Waals surface area (Å²) in [5.74, 6) is 0. The van der Waals surface area contributed by atoms with Crippen LogP contribution in [-0.4, -0.2) is 43.4 Å². The second kappa shape index (κ2) is 6.04. The highest BCUT2D eigenvalue weighted by Gasteiger charge is 2.41. The molecule has 2 atom stereocenters. The Balaban J connectivity index is 0.000000385. The average molecular weight is 284 g/mol. The fraction of sp³-hybridized carbons (Fsp3) is 1.00. The van der Waals surface area contributed by atoms with Gasteiger partial charge in [-0.3, -0.25) is 4.55 Å². The Morgan fingerprint density at radius 1 is 1.38 bits per heavy atom. The minimum absolute atomic E-state index is 0.0949. The monoisotopic (exact) mass is 283 g/mol. The van der Waals surface area contributed by atoms with E-state index in [4.69, 9.17) is 16.2 Å². The zero-order valence-corrected chi connectivity index (χ0v) is 10.0. The van der Waals surface area contributed by atoms with E-state index in [1.807, 2.05) is 0 Å². The molecule has 0 spiro atoms. The zero-order chi connectivity index (χ0) is 13.0. The Morgan fingerprint density at radius 3 is 2.06 bits per heavy atom. The molecule has 0 aromatic heterocycles. The minimum atomic E-state index is -4.11. The normalized spacial score (nSPS) is 26.9. The highest BCUT2D eigenvalue weighted by Crippen LogP contribution is 2.27. The van der Waals surface area contributed by atoms with Gasteiger partial charge in [0.05, 0.1) is 6.26 Å². The summed E-state index contributed by atoms with van der Waals surface area (Å²) < 4.78 is 61.8. The molecule has 0 amide bonds. The highest BCUT2D eigenvalue weighted by molar-refractivity contribution is 7.85. The third-order valence-electron chi connectivity index (χ3n) is 1.75. The fourth-order valence-electron chi connectivity index (χ4n) is 1.10. The third-order valence-corrected chi connectivity index (χ3v) is 2.12. The van der Waals surface area contributed by atoms with Crippen LogP contribution in [0.5, 0.6) is 0 Å². The first kappa shape index (κ1) is 16.0. The summed E-state index contributed by atoms with van der Waals surface area (Å²) in [4.78, 5) is 0. The molecule has 0 radical (unpaired) electrons. The molecule has 4 nitrogen and oxygen atoms in total. The maximum atomic E-state index is 12.0. The van der Waals surface area contributed by atoms with Gasteiger partial charge in [-0.15, -0.1) is 11.6 Å². The molecule has 0 aromatic rings. The van der Waals surface area contributed by atoms with Crippen LogP contribution in [0, 0.1) is 0 Å². The molecular formula is C7H13ClF3NO3S. The van der Waals surface area contributed by atoms with E-state index >= 15 is 0 Å². The van der Waals surface area contributed by atoms with Gasteiger partial charge in [0.15, 0.2) is 0 Å². The molecule has 0 saturated carbocycles. The second-order valence-corrected chi connectivity index (χ2v) is 5.49. The van der Waals surface area contributed by atoms with Crippen LogP contribution in [0.4, 0.5) is 13.2 Å². The molecule has 16 heavy (non-hydrogen) atoms. The van der Waals surface area contributed by atoms with Gasteiger partial charge in [0, 0.05) is 11.9 Å². The van der Waals surface area contributed by atoms with Gasteiger partial charge in [0.2, 0.25) is 0 Å². The number of rotatable bonds is 0. The molecular weight excluding hydrogens is 271 g/mol. The maximum Gasteiger partial charge on any atom is 0.403 e. The standard InChI is InChI=1S/C6H9ClF3N.CH4O3S/c7-4-1-2-5(11-3-4)6(8,9)10;1-5(2,3)4/h4-5,11H,1-3H2;1H3,(H,2,3,4). The number of alkyl halides is 4. The topological polar surface area (TPSA) is 66.4 Å². The van der Waals surface area contributed by atoms with Crippen LogP contribution in [0.15, 0.2) is 0 Å². The van der Waals surface area contributed by atoms with Crippen molar-refractivity contribution in [2.24, 2.45) is 0 Å². The summed E-state index contributed by atoms with van der Waals surface area (Å²) >= 11 is 5.60. The van der Waals surface area contributed by atoms with Crippen molar-refractivity contribution in [3.63, 3.8) is 0 Å². The molecule has 0 aromatic carbocycles. The van der Waals surface area contributed by atoms with E-state index in [2.05, 4.69) is 5.32 Å². The molecule has 9 heteroatoms. The number of nitrogens with one attached hydrogen (secondary N) is 1. The SMILES string of the molecule is CS(=O)(=O)O.FC(F)(F)C1CCC(Cl)CN1. The summed E-state index contributed by atoms with van der Waals surface area (Å²) in [7, 11) is -3.67. The van der Waals surface area contributed by atoms with Crippen molar-refractivity contribution >= 4 is 21.7 Å². The molecule has 2 N–H and O–H groups in total. The maximum absolute atomic E-state index is 12.0. The molecule has 1 aliphatic rings. The number of halogens is 4. The zero-order valence-electron chi connectivity index (χ0n) is 8.46. The fourth-order valence-corrected chi connectivity index (χ4v) is 1.32. The Hall–Kier alpha value is -0.0500. The van der Waals surface area contributed by atoms with Crippen LogP contribution in [0.2, 0.25) is 0 Å². The Bertz CT molecular complexity index is 290. The van der Waals surface area contributed by atoms with E-state index in [0.717, 1.165) is 0 Å². The van der Waals surface area contributed by atoms with Gasteiger partial charge in [-0.25, -0.2) is 0 Å². The van der Waals surface area contributed by atoms with Crippen molar-refractivity contribution in [2.75, 3.05) is 12.8 Å². The van der Waals surface area contributed by atoms with Crippen molar-refractivity contribution in [3.05, 3.63) is 0 Å². The predicted octanol–water partition coefficient (Wildman–Crippen LogP) is 1.41. The van der Waals surface area contributed by atoms with Crippen LogP contribution in [-0.2, 0) is 10.1 Å². The molecule has 1 heterocycles. The van der Waals surface area contributed by atoms with Crippen LogP contribution in [0.25, 0.3) is 0 Å². The van der Waals surface area contributed by atoms with Gasteiger partial charge in [-0.05, 0) is 12.8 Å². The van der Waals surface area contributed by atoms with E-state index in [1.54, 1.807) is 0 Å². The summed E-state index contributed by atoms with van der Waals surface area (Å²) in [6, 6.07) is -1.35. The Labute approximate surface area is 96.9 Å². The summed E-state index contributed by atoms with van der Waals surface area (Å²) in [5.41, 5.74) is 0. The molecule has 0 bridgehead atoms. The lowest BCUT2D eigenvalue weighted by Crippen LogP contribution is -2.48. The van der Waals surface area contributed by atoms with Gasteiger partial charge >= 0.3 is 6.18 Å². The molecule has 0 aliphatic carbocycles. The lowest BCUT2D eigenvalue weighted by atomic mass is 10.0. The van der Waals surface area contributed by atoms with Crippen molar-refractivity contribution in [1.29, 1.82) is 0 Å². The average Bonchev–Trinajstić information content (AvgIpc) is 1.99. The van der Waals surface area contributed by atoms with Crippen molar-refractivity contribution in [1.82, 2.24) is 5.32 Å². The van der Waals surface area contributed by atoms with E-state index in [-0.39, 0.29) is 18.3 Å². The number of piperidine rings is 1. The van der Waals surface area contributed by atoms with Gasteiger partial charge in [-0.1, -0.05) is 0 Å². The molecule has 1 aliphatic heterocycles. The van der Waals surface area contributed by atoms with Crippen LogP contribution < -0.4 is 5.32 Å². The number of hydrogen-bond donors (Lipinski definition) is 2. The molecule has 1 rings (SSSR count). The van der Waals surface area contributed by atoms with Gasteiger partial charge in [0.1, 0.15) is 6.04 Å². The van der Waals surface area contributed by atoms with E-state index < -0.39 is 22.3 Å². The first-order valence-electron chi connectivity index (χ1n) is 4.36. The van der Waals surface area contributed by atoms with E-state index in [1.165, 1.54) is 0 Å². The van der Waals surface area contributed by atoms with Gasteiger partial charge in [0.25, 0.3) is 10.1 Å². The third kappa shape index (κ3) is 9.20. The van der Waals surface area contributed by atoms with Crippen molar-refractivity contribution in [3.8, 4) is 0 Å². The largest absolute Gasteiger partial charge is 0.403 e. The van der Waals surface area contributed by atoms with Crippen molar-refractivity contribution < 1.29 is 26.1 Å². The molecule has 1 fully saturated rings. The van der Waals surface area contributed by atoms with Gasteiger partial charge in [-0.2, -0.15) is 21.6 Å². The quantitative estimate of drug-likeness (QED) is 0.521. The summed E-state index contributed by atoms with van der Waals surface area (Å²) in [6.45, 7) is 0.256. The Morgan fingerprint density at radius 2 is 1.81 bits per heavy atom. The first-order valence-corrected chi connectivity index (χ1v) is 6.65. The molecule has 2 unspecified atom stereocenters. The van der Waals surface area contributed by atoms with E-state index in [9.17, 15) is 21.6 Å². The highest BCUT2D eigenvalue weighted by atomic mass is 35.5. The Kier molecular flexibility index (Phi) is 6.02. The summed E-state index contributed by atoms with van der Waals surface area (Å²) in [6.07, 6.45) is -2.86. The lowest BCUT2D eigenvalue weighted by molar-refractivity contribution is -0.159. The lowest BCUT2D eigenvalue weighted by Gasteiger charge is -2.28. The molecule has 98 valence electrons. The van der Waals surface area contributed by atoms with E-state index in [0.29, 0.717) is 12.7 Å². The second-order valence-electron chi connectivity index (χ2n) is 3.41. The molecule has 1 saturated heterocycles. The van der Waals surface area contributed by atoms with Gasteiger partial charge < -0.3 is 5.32 Å². The first-order chi connectivity index (χ1) is 7.00. The minimum Gasteiger partial charge on any atom is -0.305 e. The van der Waals surface area contributed by atoms with Crippen LogP contribution in [0.1, 0.15) is 12.8 Å². The van der Waals surface area contributed by atoms with Crippen LogP contribution >= 0.6 is 11.6 Å². The smallest absolute Gasteiger partial charge is 0.305 e. The number of hydrogen-bond acceptors (Lipinski definition) is 3. The predicted molar refractivity (Wildman–Crippen MR) is 54.2 cm³/mol. The van der Waals surface area contributed by atoms with Crippen LogP contribution in [0.3, 0.4) is 0 Å².